The summed E-state index contributed by atoms with van der Waals surface area (Å²) in [5.74, 6) is -2.59. The molecule has 4 rings (SSSR count). The first-order chi connectivity index (χ1) is 13.8. The van der Waals surface area contributed by atoms with E-state index < -0.39 is 26.6 Å². The quantitative estimate of drug-likeness (QED) is 0.650. The van der Waals surface area contributed by atoms with E-state index in [1.807, 2.05) is 19.1 Å². The van der Waals surface area contributed by atoms with Crippen molar-refractivity contribution in [3.8, 4) is 0 Å². The number of hydrogen-bond acceptors (Lipinski definition) is 4. The van der Waals surface area contributed by atoms with E-state index in [0.29, 0.717) is 5.65 Å². The molecular weight excluding hydrogens is 402 g/mol. The molecule has 2 aromatic heterocycles. The third-order valence-corrected chi connectivity index (χ3v) is 6.91. The van der Waals surface area contributed by atoms with E-state index in [9.17, 15) is 22.0 Å². The molecule has 0 spiro atoms. The first kappa shape index (κ1) is 19.5. The molecule has 3 aromatic rings. The van der Waals surface area contributed by atoms with E-state index in [0.717, 1.165) is 28.2 Å². The van der Waals surface area contributed by atoms with Crippen LogP contribution in [0.3, 0.4) is 0 Å². The van der Waals surface area contributed by atoms with E-state index >= 15 is 0 Å². The fraction of sp³-hybridized carbons (Fsp3) is 0.263. The number of imidazole rings is 1. The SMILES string of the molecule is Cc1cccc2nc(C(=O)N3CCN(S(=O)(=O)c4c(F)cccc4F)CC3)cn12. The normalized spacial score (nSPS) is 15.8. The van der Waals surface area contributed by atoms with Crippen LogP contribution in [0.5, 0.6) is 0 Å². The van der Waals surface area contributed by atoms with Gasteiger partial charge in [-0.25, -0.2) is 22.2 Å². The zero-order chi connectivity index (χ0) is 20.8. The van der Waals surface area contributed by atoms with Gasteiger partial charge in [0, 0.05) is 38.1 Å². The van der Waals surface area contributed by atoms with Crippen LogP contribution in [0.2, 0.25) is 0 Å². The van der Waals surface area contributed by atoms with Gasteiger partial charge in [0.05, 0.1) is 0 Å². The lowest BCUT2D eigenvalue weighted by Crippen LogP contribution is -2.50. The summed E-state index contributed by atoms with van der Waals surface area (Å²) in [5.41, 5.74) is 1.83. The Kier molecular flexibility index (Phi) is 4.83. The van der Waals surface area contributed by atoms with Crippen molar-refractivity contribution < 1.29 is 22.0 Å². The second-order valence-corrected chi connectivity index (χ2v) is 8.64. The molecule has 152 valence electrons. The first-order valence-electron chi connectivity index (χ1n) is 8.97. The van der Waals surface area contributed by atoms with Crippen LogP contribution in [0.25, 0.3) is 5.65 Å². The molecule has 0 N–H and O–H groups in total. The molecule has 0 saturated carbocycles. The summed E-state index contributed by atoms with van der Waals surface area (Å²) in [6, 6.07) is 8.45. The van der Waals surface area contributed by atoms with Crippen molar-refractivity contribution in [2.45, 2.75) is 11.8 Å². The lowest BCUT2D eigenvalue weighted by Gasteiger charge is -2.33. The smallest absolute Gasteiger partial charge is 0.274 e. The summed E-state index contributed by atoms with van der Waals surface area (Å²) in [4.78, 5) is 17.6. The number of hydrogen-bond donors (Lipinski definition) is 0. The predicted molar refractivity (Wildman–Crippen MR) is 101 cm³/mol. The predicted octanol–water partition coefficient (Wildman–Crippen LogP) is 2.07. The van der Waals surface area contributed by atoms with Crippen molar-refractivity contribution in [1.29, 1.82) is 0 Å². The average molecular weight is 420 g/mol. The Morgan fingerprint density at radius 3 is 2.24 bits per heavy atom. The number of rotatable bonds is 3. The van der Waals surface area contributed by atoms with Gasteiger partial charge in [0.15, 0.2) is 4.90 Å². The molecular formula is C19H18F2N4O3S. The molecule has 3 heterocycles. The molecule has 0 aliphatic carbocycles. The van der Waals surface area contributed by atoms with Crippen LogP contribution in [0.4, 0.5) is 8.78 Å². The molecule has 7 nitrogen and oxygen atoms in total. The van der Waals surface area contributed by atoms with E-state index in [-0.39, 0.29) is 37.8 Å². The number of carbonyl (C=O) groups excluding carboxylic acids is 1. The van der Waals surface area contributed by atoms with E-state index in [4.69, 9.17) is 0 Å². The monoisotopic (exact) mass is 420 g/mol. The first-order valence-corrected chi connectivity index (χ1v) is 10.4. The van der Waals surface area contributed by atoms with Gasteiger partial charge in [-0.2, -0.15) is 4.31 Å². The van der Waals surface area contributed by atoms with E-state index in [2.05, 4.69) is 4.98 Å². The summed E-state index contributed by atoms with van der Waals surface area (Å²) < 4.78 is 56.0. The Bertz CT molecular complexity index is 1180. The highest BCUT2D eigenvalue weighted by Gasteiger charge is 2.34. The minimum absolute atomic E-state index is 0.0613. The van der Waals surface area contributed by atoms with Gasteiger partial charge < -0.3 is 9.30 Å². The van der Waals surface area contributed by atoms with Gasteiger partial charge in [-0.15, -0.1) is 0 Å². The summed E-state index contributed by atoms with van der Waals surface area (Å²) in [5, 5.41) is 0. The summed E-state index contributed by atoms with van der Waals surface area (Å²) >= 11 is 0. The van der Waals surface area contributed by atoms with Gasteiger partial charge in [-0.05, 0) is 31.2 Å². The van der Waals surface area contributed by atoms with Crippen LogP contribution in [0.15, 0.2) is 47.5 Å². The van der Waals surface area contributed by atoms with Gasteiger partial charge >= 0.3 is 0 Å². The highest BCUT2D eigenvalue weighted by Crippen LogP contribution is 2.24. The number of halogens is 2. The Morgan fingerprint density at radius 2 is 1.62 bits per heavy atom. The topological polar surface area (TPSA) is 75.0 Å². The minimum Gasteiger partial charge on any atom is -0.335 e. The van der Waals surface area contributed by atoms with Crippen molar-refractivity contribution in [1.82, 2.24) is 18.6 Å². The van der Waals surface area contributed by atoms with Crippen molar-refractivity contribution in [2.75, 3.05) is 26.2 Å². The molecule has 1 aliphatic heterocycles. The second-order valence-electron chi connectivity index (χ2n) is 6.77. The standard InChI is InChI=1S/C19H18F2N4O3S/c1-13-4-2-7-17-22-16(12-25(13)17)19(26)23-8-10-24(11-9-23)29(27,28)18-14(20)5-3-6-15(18)21/h2-7,12H,8-11H2,1H3. The van der Waals surface area contributed by atoms with Gasteiger partial charge in [-0.3, -0.25) is 4.79 Å². The van der Waals surface area contributed by atoms with Gasteiger partial charge in [-0.1, -0.05) is 12.1 Å². The number of sulfonamides is 1. The molecule has 1 amide bonds. The third-order valence-electron chi connectivity index (χ3n) is 4.96. The maximum absolute atomic E-state index is 13.9. The molecule has 0 atom stereocenters. The van der Waals surface area contributed by atoms with Crippen LogP contribution >= 0.6 is 0 Å². The molecule has 0 bridgehead atoms. The van der Waals surface area contributed by atoms with Crippen molar-refractivity contribution in [3.05, 3.63) is 65.6 Å². The highest BCUT2D eigenvalue weighted by molar-refractivity contribution is 7.89. The number of nitrogens with zero attached hydrogens (tertiary/aromatic N) is 4. The maximum Gasteiger partial charge on any atom is 0.274 e. The number of aryl methyl sites for hydroxylation is 1. The molecule has 10 heteroatoms. The number of amides is 1. The van der Waals surface area contributed by atoms with Crippen molar-refractivity contribution >= 4 is 21.6 Å². The molecule has 1 saturated heterocycles. The van der Waals surface area contributed by atoms with Crippen LogP contribution in [0.1, 0.15) is 16.2 Å². The van der Waals surface area contributed by atoms with E-state index in [1.165, 1.54) is 4.90 Å². The zero-order valence-corrected chi connectivity index (χ0v) is 16.4. The van der Waals surface area contributed by atoms with Crippen molar-refractivity contribution in [2.24, 2.45) is 0 Å². The number of pyridine rings is 1. The Labute approximate surface area is 166 Å². The number of aromatic nitrogens is 2. The number of piperazine rings is 1. The third kappa shape index (κ3) is 3.38. The fourth-order valence-electron chi connectivity index (χ4n) is 3.40. The minimum atomic E-state index is -4.34. The van der Waals surface area contributed by atoms with Crippen LogP contribution in [-0.2, 0) is 10.0 Å². The zero-order valence-electron chi connectivity index (χ0n) is 15.5. The van der Waals surface area contributed by atoms with Gasteiger partial charge in [0.1, 0.15) is 23.0 Å². The lowest BCUT2D eigenvalue weighted by atomic mass is 10.3. The van der Waals surface area contributed by atoms with Crippen molar-refractivity contribution in [3.63, 3.8) is 0 Å². The van der Waals surface area contributed by atoms with Gasteiger partial charge in [0.25, 0.3) is 5.91 Å². The fourth-order valence-corrected chi connectivity index (χ4v) is 4.93. The maximum atomic E-state index is 13.9. The number of carbonyl (C=O) groups is 1. The summed E-state index contributed by atoms with van der Waals surface area (Å²) in [6.45, 7) is 1.97. The average Bonchev–Trinajstić information content (AvgIpc) is 3.13. The molecule has 1 aromatic carbocycles. The largest absolute Gasteiger partial charge is 0.335 e. The highest BCUT2D eigenvalue weighted by atomic mass is 32.2. The van der Waals surface area contributed by atoms with E-state index in [1.54, 1.807) is 16.7 Å². The molecule has 29 heavy (non-hydrogen) atoms. The summed E-state index contributed by atoms with van der Waals surface area (Å²) in [7, 11) is -4.34. The van der Waals surface area contributed by atoms with Crippen LogP contribution < -0.4 is 0 Å². The number of benzene rings is 1. The lowest BCUT2D eigenvalue weighted by molar-refractivity contribution is 0.0692. The van der Waals surface area contributed by atoms with Crippen LogP contribution in [-0.4, -0.2) is 59.1 Å². The molecule has 0 unspecified atom stereocenters. The molecule has 1 aliphatic rings. The molecule has 1 fully saturated rings. The van der Waals surface area contributed by atoms with Crippen LogP contribution in [0, 0.1) is 18.6 Å². The Hall–Kier alpha value is -2.85. The Balaban J connectivity index is 1.51. The van der Waals surface area contributed by atoms with Gasteiger partial charge in [0.2, 0.25) is 10.0 Å². The Morgan fingerprint density at radius 1 is 1.00 bits per heavy atom. The molecule has 0 radical (unpaired) electrons. The summed E-state index contributed by atoms with van der Waals surface area (Å²) in [6.07, 6.45) is 1.64. The second kappa shape index (κ2) is 7.20. The number of fused-ring (bicyclic) bond motifs is 1.